The average molecular weight is 298 g/mol. The minimum atomic E-state index is -0.624. The van der Waals surface area contributed by atoms with Crippen LogP contribution in [0, 0.1) is 16.0 Å². The number of amides is 1. The predicted octanol–water partition coefficient (Wildman–Crippen LogP) is 2.95. The highest BCUT2D eigenvalue weighted by atomic mass is 35.5. The smallest absolute Gasteiger partial charge is 0.300 e. The van der Waals surface area contributed by atoms with Crippen LogP contribution in [0.2, 0.25) is 5.15 Å². The molecule has 0 unspecified atom stereocenters. The summed E-state index contributed by atoms with van der Waals surface area (Å²) in [6.07, 6.45) is 4.94. The Bertz CT molecular complexity index is 528. The van der Waals surface area contributed by atoms with Crippen molar-refractivity contribution >= 4 is 23.2 Å². The van der Waals surface area contributed by atoms with Gasteiger partial charge in [-0.05, 0) is 37.7 Å². The molecule has 1 aliphatic carbocycles. The van der Waals surface area contributed by atoms with Gasteiger partial charge in [-0.15, -0.1) is 0 Å². The maximum absolute atomic E-state index is 12.2. The van der Waals surface area contributed by atoms with Crippen molar-refractivity contribution in [1.29, 1.82) is 0 Å². The van der Waals surface area contributed by atoms with E-state index in [2.05, 4.69) is 17.2 Å². The highest BCUT2D eigenvalue weighted by Crippen LogP contribution is 2.25. The average Bonchev–Trinajstić information content (AvgIpc) is 2.41. The summed E-state index contributed by atoms with van der Waals surface area (Å²) >= 11 is 5.71. The second kappa shape index (κ2) is 6.17. The number of aromatic nitrogens is 1. The van der Waals surface area contributed by atoms with Crippen LogP contribution < -0.4 is 5.32 Å². The fourth-order valence-corrected chi connectivity index (χ4v) is 2.58. The Labute approximate surface area is 121 Å². The number of pyridine rings is 1. The van der Waals surface area contributed by atoms with E-state index < -0.39 is 10.8 Å². The first kappa shape index (κ1) is 14.7. The molecule has 1 N–H and O–H groups in total. The van der Waals surface area contributed by atoms with Crippen molar-refractivity contribution in [3.63, 3.8) is 0 Å². The number of nitrogens with zero attached hydrogens (tertiary/aromatic N) is 2. The van der Waals surface area contributed by atoms with Crippen LogP contribution in [0.3, 0.4) is 0 Å². The Hall–Kier alpha value is -1.69. The van der Waals surface area contributed by atoms with Crippen LogP contribution in [-0.4, -0.2) is 21.9 Å². The van der Waals surface area contributed by atoms with E-state index in [1.807, 2.05) is 0 Å². The molecule has 1 amide bonds. The maximum Gasteiger partial charge on any atom is 0.300 e. The van der Waals surface area contributed by atoms with Gasteiger partial charge in [0.25, 0.3) is 11.6 Å². The van der Waals surface area contributed by atoms with Crippen LogP contribution in [0.4, 0.5) is 5.69 Å². The molecule has 7 heteroatoms. The van der Waals surface area contributed by atoms with Gasteiger partial charge in [0.15, 0.2) is 0 Å². The molecule has 6 nitrogen and oxygen atoms in total. The highest BCUT2D eigenvalue weighted by molar-refractivity contribution is 6.29. The minimum Gasteiger partial charge on any atom is -0.349 e. The van der Waals surface area contributed by atoms with Crippen molar-refractivity contribution in [3.05, 3.63) is 33.1 Å². The van der Waals surface area contributed by atoms with E-state index in [0.29, 0.717) is 5.92 Å². The molecule has 20 heavy (non-hydrogen) atoms. The first-order valence-electron chi connectivity index (χ1n) is 6.58. The Morgan fingerprint density at radius 3 is 2.70 bits per heavy atom. The van der Waals surface area contributed by atoms with Crippen molar-refractivity contribution in [3.8, 4) is 0 Å². The van der Waals surface area contributed by atoms with Gasteiger partial charge in [0.2, 0.25) is 0 Å². The summed E-state index contributed by atoms with van der Waals surface area (Å²) in [7, 11) is 0. The molecule has 108 valence electrons. The van der Waals surface area contributed by atoms with Gasteiger partial charge in [-0.2, -0.15) is 0 Å². The zero-order chi connectivity index (χ0) is 14.7. The lowest BCUT2D eigenvalue weighted by Gasteiger charge is -2.26. The third-order valence-electron chi connectivity index (χ3n) is 3.64. The molecular weight excluding hydrogens is 282 g/mol. The molecule has 0 bridgehead atoms. The summed E-state index contributed by atoms with van der Waals surface area (Å²) in [5.74, 6) is 0.216. The molecule has 0 aliphatic heterocycles. The number of hydrogen-bond donors (Lipinski definition) is 1. The lowest BCUT2D eigenvalue weighted by Crippen LogP contribution is -2.37. The number of rotatable bonds is 3. The van der Waals surface area contributed by atoms with Crippen molar-refractivity contribution in [1.82, 2.24) is 10.3 Å². The third-order valence-corrected chi connectivity index (χ3v) is 3.85. The van der Waals surface area contributed by atoms with Gasteiger partial charge in [0.1, 0.15) is 16.9 Å². The van der Waals surface area contributed by atoms with E-state index in [1.54, 1.807) is 0 Å². The number of hydrogen-bond acceptors (Lipinski definition) is 4. The molecule has 0 spiro atoms. The quantitative estimate of drug-likeness (QED) is 0.528. The molecule has 1 aliphatic rings. The molecule has 1 heterocycles. The van der Waals surface area contributed by atoms with Gasteiger partial charge >= 0.3 is 0 Å². The number of carbonyl (C=O) groups is 1. The zero-order valence-corrected chi connectivity index (χ0v) is 11.9. The summed E-state index contributed by atoms with van der Waals surface area (Å²) in [6.45, 7) is 2.19. The Morgan fingerprint density at radius 1 is 1.45 bits per heavy atom. The summed E-state index contributed by atoms with van der Waals surface area (Å²) in [5.41, 5.74) is -0.357. The van der Waals surface area contributed by atoms with Gasteiger partial charge in [-0.25, -0.2) is 4.98 Å². The van der Waals surface area contributed by atoms with Gasteiger partial charge in [0.05, 0.1) is 4.92 Å². The van der Waals surface area contributed by atoms with Gasteiger partial charge in [0, 0.05) is 6.04 Å². The summed E-state index contributed by atoms with van der Waals surface area (Å²) in [5, 5.41) is 13.8. The summed E-state index contributed by atoms with van der Waals surface area (Å²) in [6, 6.07) is 1.31. The number of halogens is 1. The second-order valence-electron chi connectivity index (χ2n) is 5.21. The SMILES string of the molecule is CC1CCC(NC(=O)c2cc(Cl)ncc2[N+](=O)[O-])CC1. The van der Waals surface area contributed by atoms with Crippen molar-refractivity contribution in [2.45, 2.75) is 38.6 Å². The monoisotopic (exact) mass is 297 g/mol. The highest BCUT2D eigenvalue weighted by Gasteiger charge is 2.25. The van der Waals surface area contributed by atoms with Crippen molar-refractivity contribution < 1.29 is 9.72 Å². The first-order chi connectivity index (χ1) is 9.47. The summed E-state index contributed by atoms with van der Waals surface area (Å²) in [4.78, 5) is 26.1. The minimum absolute atomic E-state index is 0.0337. The standard InChI is InChI=1S/C13H16ClN3O3/c1-8-2-4-9(5-3-8)16-13(18)10-6-12(14)15-7-11(10)17(19)20/h6-9H,2-5H2,1H3,(H,16,18). The predicted molar refractivity (Wildman–Crippen MR) is 74.8 cm³/mol. The number of nitrogens with one attached hydrogen (secondary N) is 1. The van der Waals surface area contributed by atoms with Gasteiger partial charge < -0.3 is 5.32 Å². The molecular formula is C13H16ClN3O3. The Kier molecular flexibility index (Phi) is 4.54. The number of carbonyl (C=O) groups excluding carboxylic acids is 1. The van der Waals surface area contributed by atoms with E-state index in [0.717, 1.165) is 31.9 Å². The molecule has 1 aromatic heterocycles. The molecule has 0 atom stereocenters. The van der Waals surface area contributed by atoms with Crippen molar-refractivity contribution in [2.24, 2.45) is 5.92 Å². The topological polar surface area (TPSA) is 85.1 Å². The zero-order valence-electron chi connectivity index (χ0n) is 11.1. The van der Waals surface area contributed by atoms with E-state index >= 15 is 0 Å². The van der Waals surface area contributed by atoms with Gasteiger partial charge in [-0.1, -0.05) is 18.5 Å². The molecule has 0 saturated heterocycles. The molecule has 1 aromatic rings. The van der Waals surface area contributed by atoms with Crippen LogP contribution >= 0.6 is 11.6 Å². The third kappa shape index (κ3) is 3.45. The van der Waals surface area contributed by atoms with E-state index in [4.69, 9.17) is 11.6 Å². The van der Waals surface area contributed by atoms with Crippen LogP contribution in [0.5, 0.6) is 0 Å². The maximum atomic E-state index is 12.2. The van der Waals surface area contributed by atoms with Crippen LogP contribution in [0.15, 0.2) is 12.3 Å². The second-order valence-corrected chi connectivity index (χ2v) is 5.60. The molecule has 0 aromatic carbocycles. The van der Waals surface area contributed by atoms with E-state index in [9.17, 15) is 14.9 Å². The van der Waals surface area contributed by atoms with Crippen LogP contribution in [-0.2, 0) is 0 Å². The van der Waals surface area contributed by atoms with E-state index in [1.165, 1.54) is 6.07 Å². The fraction of sp³-hybridized carbons (Fsp3) is 0.538. The molecule has 2 rings (SSSR count). The van der Waals surface area contributed by atoms with Gasteiger partial charge in [-0.3, -0.25) is 14.9 Å². The first-order valence-corrected chi connectivity index (χ1v) is 6.96. The van der Waals surface area contributed by atoms with Crippen molar-refractivity contribution in [2.75, 3.05) is 0 Å². The molecule has 0 radical (unpaired) electrons. The Balaban J connectivity index is 2.12. The molecule has 1 fully saturated rings. The van der Waals surface area contributed by atoms with Crippen LogP contribution in [0.1, 0.15) is 43.0 Å². The lowest BCUT2D eigenvalue weighted by molar-refractivity contribution is -0.385. The van der Waals surface area contributed by atoms with E-state index in [-0.39, 0.29) is 22.4 Å². The summed E-state index contributed by atoms with van der Waals surface area (Å²) < 4.78 is 0. The lowest BCUT2D eigenvalue weighted by atomic mass is 9.87. The largest absolute Gasteiger partial charge is 0.349 e. The fourth-order valence-electron chi connectivity index (χ4n) is 2.42. The normalized spacial score (nSPS) is 22.3. The molecule has 1 saturated carbocycles. The Morgan fingerprint density at radius 2 is 2.10 bits per heavy atom. The number of nitro groups is 1. The van der Waals surface area contributed by atoms with Crippen LogP contribution in [0.25, 0.3) is 0 Å².